The summed E-state index contributed by atoms with van der Waals surface area (Å²) < 4.78 is 22.7. The van der Waals surface area contributed by atoms with E-state index in [1.807, 2.05) is 24.3 Å². The molecule has 1 amide bonds. The molecule has 0 spiro atoms. The standard InChI is InChI=1S/C24H26N4O6/c1-31-21-16(11-15-3-5-17(6-4-15)28-25-8-9-26-28)12-18-22(23(21)32-2)34-14-27(24(18)30)19-13-33-10-7-20(19)29/h3-6,8-9,12,19-20,29H,7,10-11,13-14H2,1-2H3/t19-,20-/m0/s1. The van der Waals surface area contributed by atoms with Gasteiger partial charge in [0.15, 0.2) is 18.2 Å². The van der Waals surface area contributed by atoms with Gasteiger partial charge in [-0.05, 0) is 30.2 Å². The minimum atomic E-state index is -0.662. The largest absolute Gasteiger partial charge is 0.492 e. The lowest BCUT2D eigenvalue weighted by molar-refractivity contribution is -0.0699. The lowest BCUT2D eigenvalue weighted by Crippen LogP contribution is -2.54. The number of amides is 1. The lowest BCUT2D eigenvalue weighted by atomic mass is 9.97. The molecule has 1 saturated heterocycles. The summed E-state index contributed by atoms with van der Waals surface area (Å²) in [4.78, 5) is 16.5. The van der Waals surface area contributed by atoms with E-state index in [1.165, 1.54) is 12.0 Å². The Morgan fingerprint density at radius 1 is 1.12 bits per heavy atom. The number of aliphatic hydroxyl groups is 1. The molecule has 0 bridgehead atoms. The number of hydrogen-bond acceptors (Lipinski definition) is 8. The van der Waals surface area contributed by atoms with Gasteiger partial charge in [0.25, 0.3) is 5.91 Å². The first-order valence-corrected chi connectivity index (χ1v) is 11.0. The molecule has 1 fully saturated rings. The van der Waals surface area contributed by atoms with Crippen molar-refractivity contribution in [2.45, 2.75) is 25.0 Å². The third kappa shape index (κ3) is 3.95. The molecule has 178 valence electrons. The summed E-state index contributed by atoms with van der Waals surface area (Å²) in [5.74, 6) is 0.996. The second-order valence-electron chi connectivity index (χ2n) is 8.19. The van der Waals surface area contributed by atoms with Crippen LogP contribution in [0.4, 0.5) is 0 Å². The van der Waals surface area contributed by atoms with E-state index in [-0.39, 0.29) is 19.2 Å². The Morgan fingerprint density at radius 3 is 2.53 bits per heavy atom. The molecule has 2 aliphatic rings. The first-order valence-electron chi connectivity index (χ1n) is 11.0. The maximum absolute atomic E-state index is 13.5. The molecule has 5 rings (SSSR count). The SMILES string of the molecule is COc1c(Cc2ccc(-n3nccn3)cc2)cc2c(c1OC)OCN([C@H]1COCC[C@@H]1O)C2=O. The Balaban J connectivity index is 1.48. The van der Waals surface area contributed by atoms with Gasteiger partial charge in [0, 0.05) is 18.6 Å². The third-order valence-electron chi connectivity index (χ3n) is 6.19. The minimum Gasteiger partial charge on any atom is -0.492 e. The first kappa shape index (κ1) is 22.2. The Hall–Kier alpha value is -3.63. The van der Waals surface area contributed by atoms with Crippen LogP contribution in [0.2, 0.25) is 0 Å². The molecule has 0 aliphatic carbocycles. The fourth-order valence-corrected chi connectivity index (χ4v) is 4.44. The fourth-order valence-electron chi connectivity index (χ4n) is 4.44. The second kappa shape index (κ2) is 9.32. The molecule has 10 nitrogen and oxygen atoms in total. The Kier molecular flexibility index (Phi) is 6.08. The van der Waals surface area contributed by atoms with E-state index in [2.05, 4.69) is 10.2 Å². The molecule has 0 radical (unpaired) electrons. The molecule has 0 unspecified atom stereocenters. The normalized spacial score (nSPS) is 20.0. The number of nitrogens with zero attached hydrogens (tertiary/aromatic N) is 4. The molecule has 1 N–H and O–H groups in total. The van der Waals surface area contributed by atoms with Crippen LogP contribution in [0.1, 0.15) is 27.9 Å². The average Bonchev–Trinajstić information content (AvgIpc) is 3.40. The second-order valence-corrected chi connectivity index (χ2v) is 8.19. The van der Waals surface area contributed by atoms with E-state index in [0.717, 1.165) is 16.8 Å². The van der Waals surface area contributed by atoms with Gasteiger partial charge in [0.2, 0.25) is 5.75 Å². The lowest BCUT2D eigenvalue weighted by Gasteiger charge is -2.39. The molecule has 10 heteroatoms. The van der Waals surface area contributed by atoms with Crippen LogP contribution >= 0.6 is 0 Å². The van der Waals surface area contributed by atoms with Crippen molar-refractivity contribution in [2.75, 3.05) is 34.2 Å². The van der Waals surface area contributed by atoms with Crippen molar-refractivity contribution in [1.29, 1.82) is 0 Å². The molecule has 3 heterocycles. The summed E-state index contributed by atoms with van der Waals surface area (Å²) in [5, 5.41) is 18.7. The monoisotopic (exact) mass is 466 g/mol. The number of ether oxygens (including phenoxy) is 4. The third-order valence-corrected chi connectivity index (χ3v) is 6.19. The maximum Gasteiger partial charge on any atom is 0.260 e. The van der Waals surface area contributed by atoms with Crippen molar-refractivity contribution < 1.29 is 28.8 Å². The van der Waals surface area contributed by atoms with Gasteiger partial charge in [0.1, 0.15) is 0 Å². The summed E-state index contributed by atoms with van der Waals surface area (Å²) in [6.07, 6.45) is 3.56. The summed E-state index contributed by atoms with van der Waals surface area (Å²) >= 11 is 0. The van der Waals surface area contributed by atoms with Crippen molar-refractivity contribution in [3.05, 3.63) is 59.4 Å². The van der Waals surface area contributed by atoms with Crippen LogP contribution in [-0.4, -0.2) is 77.2 Å². The zero-order chi connectivity index (χ0) is 23.7. The zero-order valence-corrected chi connectivity index (χ0v) is 19.0. The van der Waals surface area contributed by atoms with Gasteiger partial charge in [-0.2, -0.15) is 15.0 Å². The highest BCUT2D eigenvalue weighted by molar-refractivity contribution is 6.00. The summed E-state index contributed by atoms with van der Waals surface area (Å²) in [7, 11) is 3.08. The number of carbonyl (C=O) groups excluding carboxylic acids is 1. The van der Waals surface area contributed by atoms with Crippen LogP contribution in [0.5, 0.6) is 17.2 Å². The smallest absolute Gasteiger partial charge is 0.260 e. The van der Waals surface area contributed by atoms with Gasteiger partial charge in [-0.15, -0.1) is 0 Å². The number of aromatic nitrogens is 3. The van der Waals surface area contributed by atoms with Crippen molar-refractivity contribution in [2.24, 2.45) is 0 Å². The number of aliphatic hydroxyl groups excluding tert-OH is 1. The van der Waals surface area contributed by atoms with E-state index < -0.39 is 12.1 Å². The first-order chi connectivity index (χ1) is 16.6. The van der Waals surface area contributed by atoms with Crippen LogP contribution in [0.3, 0.4) is 0 Å². The highest BCUT2D eigenvalue weighted by Crippen LogP contribution is 2.45. The Labute approximate surface area is 196 Å². The van der Waals surface area contributed by atoms with Crippen molar-refractivity contribution in [3.63, 3.8) is 0 Å². The number of carbonyl (C=O) groups is 1. The number of fused-ring (bicyclic) bond motifs is 1. The topological polar surface area (TPSA) is 108 Å². The highest BCUT2D eigenvalue weighted by Gasteiger charge is 2.39. The highest BCUT2D eigenvalue weighted by atomic mass is 16.5. The minimum absolute atomic E-state index is 0.00128. The van der Waals surface area contributed by atoms with E-state index in [0.29, 0.717) is 42.3 Å². The van der Waals surface area contributed by atoms with Gasteiger partial charge in [-0.1, -0.05) is 12.1 Å². The molecular weight excluding hydrogens is 440 g/mol. The van der Waals surface area contributed by atoms with Gasteiger partial charge in [-0.25, -0.2) is 0 Å². The van der Waals surface area contributed by atoms with Crippen LogP contribution in [-0.2, 0) is 11.2 Å². The van der Waals surface area contributed by atoms with E-state index >= 15 is 0 Å². The number of rotatable bonds is 6. The average molecular weight is 466 g/mol. The van der Waals surface area contributed by atoms with Crippen LogP contribution in [0, 0.1) is 0 Å². The van der Waals surface area contributed by atoms with Gasteiger partial charge in [-0.3, -0.25) is 9.69 Å². The summed E-state index contributed by atoms with van der Waals surface area (Å²) in [6, 6.07) is 9.13. The fraction of sp³-hybridized carbons (Fsp3) is 0.375. The number of hydrogen-bond donors (Lipinski definition) is 1. The summed E-state index contributed by atoms with van der Waals surface area (Å²) in [5.41, 5.74) is 3.00. The molecule has 3 aromatic rings. The van der Waals surface area contributed by atoms with Crippen molar-refractivity contribution >= 4 is 5.91 Å². The van der Waals surface area contributed by atoms with E-state index in [9.17, 15) is 9.90 Å². The van der Waals surface area contributed by atoms with Crippen LogP contribution in [0.25, 0.3) is 5.69 Å². The Bertz CT molecular complexity index is 1170. The molecular formula is C24H26N4O6. The number of benzene rings is 2. The van der Waals surface area contributed by atoms with Crippen molar-refractivity contribution in [1.82, 2.24) is 19.9 Å². The van der Waals surface area contributed by atoms with Gasteiger partial charge in [0.05, 0.1) is 56.6 Å². The van der Waals surface area contributed by atoms with E-state index in [4.69, 9.17) is 18.9 Å². The number of methoxy groups -OCH3 is 2. The molecule has 1 aromatic heterocycles. The molecule has 2 atom stereocenters. The predicted molar refractivity (Wildman–Crippen MR) is 121 cm³/mol. The summed E-state index contributed by atoms with van der Waals surface area (Å²) in [6.45, 7) is 0.740. The molecule has 34 heavy (non-hydrogen) atoms. The van der Waals surface area contributed by atoms with Gasteiger partial charge < -0.3 is 24.1 Å². The predicted octanol–water partition coefficient (Wildman–Crippen LogP) is 1.82. The van der Waals surface area contributed by atoms with Crippen molar-refractivity contribution in [3.8, 4) is 22.9 Å². The maximum atomic E-state index is 13.5. The molecule has 2 aliphatic heterocycles. The van der Waals surface area contributed by atoms with Crippen LogP contribution < -0.4 is 14.2 Å². The van der Waals surface area contributed by atoms with Crippen LogP contribution in [0.15, 0.2) is 42.7 Å². The van der Waals surface area contributed by atoms with Gasteiger partial charge >= 0.3 is 0 Å². The van der Waals surface area contributed by atoms with E-state index in [1.54, 1.807) is 30.4 Å². The molecule has 2 aromatic carbocycles. The molecule has 0 saturated carbocycles. The zero-order valence-electron chi connectivity index (χ0n) is 19.0. The quantitative estimate of drug-likeness (QED) is 0.586. The Morgan fingerprint density at radius 2 is 1.85 bits per heavy atom.